The maximum atomic E-state index is 11.3. The summed E-state index contributed by atoms with van der Waals surface area (Å²) >= 11 is 0. The van der Waals surface area contributed by atoms with Crippen molar-refractivity contribution in [2.75, 3.05) is 54.4 Å². The van der Waals surface area contributed by atoms with Gasteiger partial charge in [0.2, 0.25) is 0 Å². The molecule has 0 bridgehead atoms. The number of phenols is 2. The van der Waals surface area contributed by atoms with Crippen LogP contribution in [0.4, 0.5) is 0 Å². The Morgan fingerprint density at radius 3 is 2.02 bits per heavy atom. The number of fused-ring (bicyclic) bond motifs is 1. The SMILES string of the molecule is COc1cc(C2OCC3C(c4cc(OC)c(O)c(-c5cc(C(O)C(O)CO)cc(OC)c5OCCO)c4)OCC23)ccc1O. The lowest BCUT2D eigenvalue weighted by Gasteiger charge is -2.23. The molecule has 3 aromatic carbocycles. The average molecular weight is 615 g/mol. The Bertz CT molecular complexity index is 1460. The van der Waals surface area contributed by atoms with Crippen LogP contribution in [0, 0.1) is 11.8 Å². The van der Waals surface area contributed by atoms with Gasteiger partial charge in [0.05, 0.1) is 60.0 Å². The number of phenolic OH excluding ortho intramolecular Hbond substituents is 2. The Balaban J connectivity index is 1.57. The average Bonchev–Trinajstić information content (AvgIpc) is 3.66. The Morgan fingerprint density at radius 1 is 0.773 bits per heavy atom. The quantitative estimate of drug-likeness (QED) is 0.176. The van der Waals surface area contributed by atoms with E-state index in [4.69, 9.17) is 28.4 Å². The lowest BCUT2D eigenvalue weighted by atomic mass is 9.84. The van der Waals surface area contributed by atoms with Gasteiger partial charge in [-0.25, -0.2) is 0 Å². The fourth-order valence-electron chi connectivity index (χ4n) is 6.02. The van der Waals surface area contributed by atoms with Crippen LogP contribution in [0.1, 0.15) is 35.0 Å². The highest BCUT2D eigenvalue weighted by Crippen LogP contribution is 2.53. The van der Waals surface area contributed by atoms with Gasteiger partial charge in [0.25, 0.3) is 0 Å². The first-order chi connectivity index (χ1) is 21.3. The molecule has 0 aliphatic carbocycles. The summed E-state index contributed by atoms with van der Waals surface area (Å²) in [6, 6.07) is 11.5. The number of hydrogen-bond acceptors (Lipinski definition) is 12. The second-order valence-corrected chi connectivity index (χ2v) is 10.8. The summed E-state index contributed by atoms with van der Waals surface area (Å²) in [5, 5.41) is 61.2. The van der Waals surface area contributed by atoms with Gasteiger partial charge in [-0.3, -0.25) is 0 Å². The maximum Gasteiger partial charge on any atom is 0.169 e. The Hall–Kier alpha value is -3.78. The molecule has 0 saturated carbocycles. The van der Waals surface area contributed by atoms with Crippen molar-refractivity contribution in [2.24, 2.45) is 11.8 Å². The monoisotopic (exact) mass is 614 g/mol. The van der Waals surface area contributed by atoms with Crippen molar-refractivity contribution < 1.29 is 59.1 Å². The van der Waals surface area contributed by atoms with E-state index in [0.29, 0.717) is 30.1 Å². The molecule has 2 aliphatic rings. The summed E-state index contributed by atoms with van der Waals surface area (Å²) < 4.78 is 34.8. The van der Waals surface area contributed by atoms with E-state index in [1.165, 1.54) is 33.5 Å². The van der Waals surface area contributed by atoms with Gasteiger partial charge in [0.15, 0.2) is 34.5 Å². The van der Waals surface area contributed by atoms with Crippen molar-refractivity contribution in [3.63, 3.8) is 0 Å². The fraction of sp³-hybridized carbons (Fsp3) is 0.438. The summed E-state index contributed by atoms with van der Waals surface area (Å²) in [5.41, 5.74) is 2.32. The van der Waals surface area contributed by atoms with E-state index in [0.717, 1.165) is 5.56 Å². The highest BCUT2D eigenvalue weighted by molar-refractivity contribution is 5.81. The molecule has 2 heterocycles. The number of ether oxygens (including phenoxy) is 6. The van der Waals surface area contributed by atoms with Gasteiger partial charge in [0, 0.05) is 23.0 Å². The fourth-order valence-corrected chi connectivity index (χ4v) is 6.02. The van der Waals surface area contributed by atoms with Gasteiger partial charge in [-0.15, -0.1) is 0 Å². The largest absolute Gasteiger partial charge is 0.504 e. The van der Waals surface area contributed by atoms with Crippen molar-refractivity contribution >= 4 is 0 Å². The molecule has 12 nitrogen and oxygen atoms in total. The van der Waals surface area contributed by atoms with Crippen LogP contribution in [0.15, 0.2) is 42.5 Å². The zero-order valence-electron chi connectivity index (χ0n) is 24.7. The van der Waals surface area contributed by atoms with Gasteiger partial charge >= 0.3 is 0 Å². The van der Waals surface area contributed by atoms with E-state index in [9.17, 15) is 30.6 Å². The van der Waals surface area contributed by atoms with Crippen molar-refractivity contribution in [3.8, 4) is 45.6 Å². The van der Waals surface area contributed by atoms with Crippen molar-refractivity contribution in [1.29, 1.82) is 0 Å². The third-order valence-electron chi connectivity index (χ3n) is 8.26. The van der Waals surface area contributed by atoms with E-state index in [1.807, 2.05) is 0 Å². The van der Waals surface area contributed by atoms with Crippen molar-refractivity contribution in [1.82, 2.24) is 0 Å². The first-order valence-electron chi connectivity index (χ1n) is 14.2. The van der Waals surface area contributed by atoms with Gasteiger partial charge in [-0.2, -0.15) is 0 Å². The van der Waals surface area contributed by atoms with E-state index < -0.39 is 24.9 Å². The first-order valence-corrected chi connectivity index (χ1v) is 14.2. The molecule has 238 valence electrons. The van der Waals surface area contributed by atoms with Crippen LogP contribution in [-0.4, -0.2) is 91.1 Å². The maximum absolute atomic E-state index is 11.3. The molecule has 6 atom stereocenters. The Kier molecular flexibility index (Phi) is 9.68. The molecule has 2 aliphatic heterocycles. The highest BCUT2D eigenvalue weighted by Gasteiger charge is 2.48. The molecular formula is C32H38O12. The van der Waals surface area contributed by atoms with Gasteiger partial charge in [0.1, 0.15) is 18.8 Å². The lowest BCUT2D eigenvalue weighted by Crippen LogP contribution is -2.22. The van der Waals surface area contributed by atoms with Crippen molar-refractivity contribution in [3.05, 3.63) is 59.2 Å². The Labute approximate surface area is 254 Å². The zero-order valence-corrected chi connectivity index (χ0v) is 24.7. The number of benzene rings is 3. The van der Waals surface area contributed by atoms with E-state index in [1.54, 1.807) is 30.3 Å². The molecule has 2 fully saturated rings. The molecule has 5 rings (SSSR count). The number of aromatic hydroxyl groups is 2. The summed E-state index contributed by atoms with van der Waals surface area (Å²) in [4.78, 5) is 0. The highest BCUT2D eigenvalue weighted by atomic mass is 16.5. The lowest BCUT2D eigenvalue weighted by molar-refractivity contribution is -0.0153. The second kappa shape index (κ2) is 13.5. The molecule has 0 aromatic heterocycles. The minimum atomic E-state index is -1.48. The third kappa shape index (κ3) is 5.84. The molecule has 3 aromatic rings. The van der Waals surface area contributed by atoms with Crippen LogP contribution in [0.3, 0.4) is 0 Å². The second-order valence-electron chi connectivity index (χ2n) is 10.8. The molecule has 0 radical (unpaired) electrons. The van der Waals surface area contributed by atoms with Crippen molar-refractivity contribution in [2.45, 2.75) is 24.4 Å². The van der Waals surface area contributed by atoms with E-state index >= 15 is 0 Å². The number of aliphatic hydroxyl groups excluding tert-OH is 4. The molecule has 6 N–H and O–H groups in total. The normalized spacial score (nSPS) is 22.3. The third-order valence-corrected chi connectivity index (χ3v) is 8.26. The van der Waals surface area contributed by atoms with Crippen LogP contribution >= 0.6 is 0 Å². The number of aliphatic hydroxyl groups is 4. The van der Waals surface area contributed by atoms with Gasteiger partial charge < -0.3 is 59.1 Å². The van der Waals surface area contributed by atoms with Crippen LogP contribution in [0.5, 0.6) is 34.5 Å². The van der Waals surface area contributed by atoms with E-state index in [-0.39, 0.29) is 71.0 Å². The molecule has 12 heteroatoms. The minimum absolute atomic E-state index is 0.000478. The topological polar surface area (TPSA) is 177 Å². The van der Waals surface area contributed by atoms with Crippen LogP contribution < -0.4 is 18.9 Å². The van der Waals surface area contributed by atoms with Gasteiger partial charge in [-0.1, -0.05) is 6.07 Å². The molecular weight excluding hydrogens is 576 g/mol. The molecule has 0 spiro atoms. The predicted octanol–water partition coefficient (Wildman–Crippen LogP) is 2.62. The smallest absolute Gasteiger partial charge is 0.169 e. The number of methoxy groups -OCH3 is 3. The first kappa shape index (κ1) is 31.6. The minimum Gasteiger partial charge on any atom is -0.504 e. The molecule has 2 saturated heterocycles. The number of rotatable bonds is 12. The van der Waals surface area contributed by atoms with Crippen LogP contribution in [0.2, 0.25) is 0 Å². The number of hydrogen-bond donors (Lipinski definition) is 6. The van der Waals surface area contributed by atoms with Gasteiger partial charge in [-0.05, 0) is 53.1 Å². The summed E-state index contributed by atoms with van der Waals surface area (Å²) in [6.45, 7) is -0.253. The van der Waals surface area contributed by atoms with Crippen LogP contribution in [0.25, 0.3) is 11.1 Å². The Morgan fingerprint density at radius 2 is 1.41 bits per heavy atom. The summed E-state index contributed by atoms with van der Waals surface area (Å²) in [7, 11) is 4.31. The zero-order chi connectivity index (χ0) is 31.5. The molecule has 0 amide bonds. The molecule has 44 heavy (non-hydrogen) atoms. The molecule has 6 unspecified atom stereocenters. The summed E-state index contributed by atoms with van der Waals surface area (Å²) in [5.74, 6) is 0.648. The van der Waals surface area contributed by atoms with E-state index in [2.05, 4.69) is 0 Å². The summed E-state index contributed by atoms with van der Waals surface area (Å²) in [6.07, 6.45) is -3.65. The standard InChI is InChI=1S/C32H38O12/c1-39-25-10-16(4-5-23(25)35)30-21-14-44-31(22(21)15-43-30)18-9-19(29(38)26(12-18)40-2)20-8-17(28(37)24(36)13-34)11-27(41-3)32(20)42-7-6-33/h4-5,8-12,21-22,24,28,30-31,33-38H,6-7,13-15H2,1-3H3. The van der Waals surface area contributed by atoms with Crippen LogP contribution in [-0.2, 0) is 9.47 Å². The predicted molar refractivity (Wildman–Crippen MR) is 156 cm³/mol.